The molecule has 0 radical (unpaired) electrons. The summed E-state index contributed by atoms with van der Waals surface area (Å²) in [6, 6.07) is 6.51. The van der Waals surface area contributed by atoms with Gasteiger partial charge in [0.25, 0.3) is 0 Å². The van der Waals surface area contributed by atoms with Gasteiger partial charge in [-0.25, -0.2) is 4.79 Å². The normalized spacial score (nSPS) is 21.6. The SMILES string of the molecule is CC(C)(C)C1CCC(c2nnc(-c3ccc(C(=O)O)cc3)o2)CC1. The van der Waals surface area contributed by atoms with Crippen molar-refractivity contribution >= 4 is 5.97 Å². The Hall–Kier alpha value is -2.17. The van der Waals surface area contributed by atoms with E-state index in [0.717, 1.165) is 24.3 Å². The second-order valence-electron chi connectivity index (χ2n) is 7.74. The molecule has 0 bridgehead atoms. The fourth-order valence-electron chi connectivity index (χ4n) is 3.48. The molecule has 128 valence electrons. The van der Waals surface area contributed by atoms with Gasteiger partial charge in [-0.3, -0.25) is 0 Å². The second-order valence-corrected chi connectivity index (χ2v) is 7.74. The topological polar surface area (TPSA) is 76.2 Å². The molecule has 3 rings (SSSR count). The third-order valence-corrected chi connectivity index (χ3v) is 5.12. The molecule has 1 heterocycles. The summed E-state index contributed by atoms with van der Waals surface area (Å²) >= 11 is 0. The first kappa shape index (κ1) is 16.7. The summed E-state index contributed by atoms with van der Waals surface area (Å²) in [6.07, 6.45) is 4.56. The fourth-order valence-corrected chi connectivity index (χ4v) is 3.48. The summed E-state index contributed by atoms with van der Waals surface area (Å²) in [6.45, 7) is 6.93. The molecule has 1 N–H and O–H groups in total. The zero-order valence-electron chi connectivity index (χ0n) is 14.5. The number of carbonyl (C=O) groups is 1. The van der Waals surface area contributed by atoms with Crippen LogP contribution in [0.4, 0.5) is 0 Å². The average molecular weight is 328 g/mol. The molecule has 1 fully saturated rings. The van der Waals surface area contributed by atoms with Crippen molar-refractivity contribution in [1.29, 1.82) is 0 Å². The maximum atomic E-state index is 10.9. The summed E-state index contributed by atoms with van der Waals surface area (Å²) in [7, 11) is 0. The van der Waals surface area contributed by atoms with Crippen LogP contribution in [0.5, 0.6) is 0 Å². The van der Waals surface area contributed by atoms with Gasteiger partial charge in [0, 0.05) is 11.5 Å². The first-order chi connectivity index (χ1) is 11.3. The molecule has 0 amide bonds. The Kier molecular flexibility index (Phi) is 4.43. The highest BCUT2D eigenvalue weighted by Gasteiger charge is 2.32. The number of hydrogen-bond acceptors (Lipinski definition) is 4. The zero-order chi connectivity index (χ0) is 17.3. The van der Waals surface area contributed by atoms with E-state index < -0.39 is 5.97 Å². The standard InChI is InChI=1S/C19H24N2O3/c1-19(2,3)15-10-8-13(9-11-15)17-21-20-16(24-17)12-4-6-14(7-5-12)18(22)23/h4-7,13,15H,8-11H2,1-3H3,(H,22,23). The fraction of sp³-hybridized carbons (Fsp3) is 0.526. The lowest BCUT2D eigenvalue weighted by atomic mass is 9.70. The molecule has 0 spiro atoms. The van der Waals surface area contributed by atoms with E-state index in [9.17, 15) is 4.79 Å². The van der Waals surface area contributed by atoms with Crippen molar-refractivity contribution < 1.29 is 14.3 Å². The first-order valence-corrected chi connectivity index (χ1v) is 8.51. The number of hydrogen-bond donors (Lipinski definition) is 1. The van der Waals surface area contributed by atoms with Crippen LogP contribution >= 0.6 is 0 Å². The minimum atomic E-state index is -0.941. The van der Waals surface area contributed by atoms with E-state index in [1.807, 2.05) is 0 Å². The molecule has 1 aliphatic carbocycles. The second kappa shape index (κ2) is 6.38. The first-order valence-electron chi connectivity index (χ1n) is 8.51. The van der Waals surface area contributed by atoms with Crippen LogP contribution in [0.3, 0.4) is 0 Å². The van der Waals surface area contributed by atoms with E-state index >= 15 is 0 Å². The molecule has 1 aromatic heterocycles. The van der Waals surface area contributed by atoms with Crippen molar-refractivity contribution in [1.82, 2.24) is 10.2 Å². The maximum absolute atomic E-state index is 10.9. The Morgan fingerprint density at radius 1 is 1.08 bits per heavy atom. The highest BCUT2D eigenvalue weighted by molar-refractivity contribution is 5.88. The van der Waals surface area contributed by atoms with E-state index in [0.29, 0.717) is 23.1 Å². The minimum absolute atomic E-state index is 0.249. The van der Waals surface area contributed by atoms with Crippen LogP contribution in [0, 0.1) is 11.3 Å². The Balaban J connectivity index is 1.69. The molecule has 0 aliphatic heterocycles. The Morgan fingerprint density at radius 2 is 1.71 bits per heavy atom. The molecule has 1 aliphatic rings. The van der Waals surface area contributed by atoms with Gasteiger partial charge in [0.2, 0.25) is 11.8 Å². The lowest BCUT2D eigenvalue weighted by molar-refractivity contribution is 0.0697. The molecule has 2 aromatic rings. The van der Waals surface area contributed by atoms with Crippen LogP contribution in [0.15, 0.2) is 28.7 Å². The van der Waals surface area contributed by atoms with Crippen LogP contribution in [0.2, 0.25) is 0 Å². The van der Waals surface area contributed by atoms with Gasteiger partial charge in [0.05, 0.1) is 5.56 Å². The number of aromatic nitrogens is 2. The number of aromatic carboxylic acids is 1. The maximum Gasteiger partial charge on any atom is 0.335 e. The van der Waals surface area contributed by atoms with Gasteiger partial charge in [-0.05, 0) is 61.3 Å². The van der Waals surface area contributed by atoms with Crippen LogP contribution < -0.4 is 0 Å². The van der Waals surface area contributed by atoms with E-state index in [1.54, 1.807) is 24.3 Å². The van der Waals surface area contributed by atoms with Gasteiger partial charge in [0.15, 0.2) is 0 Å². The summed E-state index contributed by atoms with van der Waals surface area (Å²) in [5.74, 6) is 1.31. The highest BCUT2D eigenvalue weighted by Crippen LogP contribution is 2.43. The lowest BCUT2D eigenvalue weighted by Crippen LogP contribution is -2.25. The summed E-state index contributed by atoms with van der Waals surface area (Å²) in [5, 5.41) is 17.3. The Morgan fingerprint density at radius 3 is 2.25 bits per heavy atom. The highest BCUT2D eigenvalue weighted by atomic mass is 16.4. The molecule has 1 saturated carbocycles. The third kappa shape index (κ3) is 3.50. The molecule has 5 nitrogen and oxygen atoms in total. The van der Waals surface area contributed by atoms with E-state index in [-0.39, 0.29) is 5.56 Å². The van der Waals surface area contributed by atoms with Crippen molar-refractivity contribution in [2.45, 2.75) is 52.4 Å². The molecule has 1 aromatic carbocycles. The third-order valence-electron chi connectivity index (χ3n) is 5.12. The van der Waals surface area contributed by atoms with Gasteiger partial charge in [0.1, 0.15) is 0 Å². The molecule has 0 saturated heterocycles. The Bertz CT molecular complexity index is 705. The number of benzene rings is 1. The number of rotatable bonds is 3. The Labute approximate surface area is 142 Å². The van der Waals surface area contributed by atoms with Gasteiger partial charge in [-0.15, -0.1) is 10.2 Å². The van der Waals surface area contributed by atoms with Crippen LogP contribution in [-0.2, 0) is 0 Å². The summed E-state index contributed by atoms with van der Waals surface area (Å²) in [4.78, 5) is 10.9. The van der Waals surface area contributed by atoms with Gasteiger partial charge < -0.3 is 9.52 Å². The monoisotopic (exact) mass is 328 g/mol. The van der Waals surface area contributed by atoms with Gasteiger partial charge >= 0.3 is 5.97 Å². The van der Waals surface area contributed by atoms with Crippen molar-refractivity contribution in [3.05, 3.63) is 35.7 Å². The molecule has 24 heavy (non-hydrogen) atoms. The van der Waals surface area contributed by atoms with Gasteiger partial charge in [-0.2, -0.15) is 0 Å². The number of nitrogens with zero attached hydrogens (tertiary/aromatic N) is 2. The van der Waals surface area contributed by atoms with Crippen LogP contribution in [-0.4, -0.2) is 21.3 Å². The smallest absolute Gasteiger partial charge is 0.335 e. The summed E-state index contributed by atoms with van der Waals surface area (Å²) in [5.41, 5.74) is 1.36. The predicted octanol–water partition coefficient (Wildman–Crippen LogP) is 4.75. The van der Waals surface area contributed by atoms with E-state index in [1.165, 1.54) is 12.8 Å². The van der Waals surface area contributed by atoms with Crippen molar-refractivity contribution in [3.63, 3.8) is 0 Å². The largest absolute Gasteiger partial charge is 0.478 e. The number of carboxylic acid groups (broad SMARTS) is 1. The zero-order valence-corrected chi connectivity index (χ0v) is 14.5. The average Bonchev–Trinajstić information content (AvgIpc) is 3.04. The molecule has 0 unspecified atom stereocenters. The van der Waals surface area contributed by atoms with Gasteiger partial charge in [-0.1, -0.05) is 20.8 Å². The van der Waals surface area contributed by atoms with Crippen LogP contribution in [0.1, 0.15) is 68.6 Å². The van der Waals surface area contributed by atoms with E-state index in [4.69, 9.17) is 9.52 Å². The quantitative estimate of drug-likeness (QED) is 0.879. The molecular weight excluding hydrogens is 304 g/mol. The lowest BCUT2D eigenvalue weighted by Gasteiger charge is -2.36. The molecule has 0 atom stereocenters. The predicted molar refractivity (Wildman–Crippen MR) is 90.8 cm³/mol. The van der Waals surface area contributed by atoms with Crippen LogP contribution in [0.25, 0.3) is 11.5 Å². The van der Waals surface area contributed by atoms with Crippen molar-refractivity contribution in [2.75, 3.05) is 0 Å². The molecule has 5 heteroatoms. The van der Waals surface area contributed by atoms with E-state index in [2.05, 4.69) is 31.0 Å². The summed E-state index contributed by atoms with van der Waals surface area (Å²) < 4.78 is 5.86. The van der Waals surface area contributed by atoms with Crippen molar-refractivity contribution in [3.8, 4) is 11.5 Å². The number of carboxylic acids is 1. The molecular formula is C19H24N2O3. The minimum Gasteiger partial charge on any atom is -0.478 e. The van der Waals surface area contributed by atoms with Crippen molar-refractivity contribution in [2.24, 2.45) is 11.3 Å².